The molecule has 0 radical (unpaired) electrons. The minimum absolute atomic E-state index is 0.0631. The summed E-state index contributed by atoms with van der Waals surface area (Å²) in [5.74, 6) is 7.89. The lowest BCUT2D eigenvalue weighted by Gasteiger charge is -2.28. The lowest BCUT2D eigenvalue weighted by Crippen LogP contribution is -2.44. The van der Waals surface area contributed by atoms with Gasteiger partial charge >= 0.3 is 0 Å². The van der Waals surface area contributed by atoms with Gasteiger partial charge in [0.25, 0.3) is 5.91 Å². The van der Waals surface area contributed by atoms with E-state index in [4.69, 9.17) is 4.74 Å². The van der Waals surface area contributed by atoms with Crippen molar-refractivity contribution in [3.63, 3.8) is 0 Å². The van der Waals surface area contributed by atoms with Crippen molar-refractivity contribution in [3.8, 4) is 11.8 Å². The van der Waals surface area contributed by atoms with E-state index in [9.17, 15) is 4.79 Å². The number of hydrogen-bond donors (Lipinski definition) is 0. The third-order valence-electron chi connectivity index (χ3n) is 4.12. The van der Waals surface area contributed by atoms with E-state index in [2.05, 4.69) is 11.8 Å². The van der Waals surface area contributed by atoms with E-state index in [1.165, 1.54) is 0 Å². The summed E-state index contributed by atoms with van der Waals surface area (Å²) < 4.78 is 5.71. The van der Waals surface area contributed by atoms with Crippen LogP contribution in [0.5, 0.6) is 0 Å². The van der Waals surface area contributed by atoms with E-state index < -0.39 is 0 Å². The van der Waals surface area contributed by atoms with Crippen molar-refractivity contribution in [3.05, 3.63) is 35.9 Å². The van der Waals surface area contributed by atoms with Crippen molar-refractivity contribution < 1.29 is 9.53 Å². The Labute approximate surface area is 136 Å². The molecule has 0 N–H and O–H groups in total. The summed E-state index contributed by atoms with van der Waals surface area (Å²) in [5, 5.41) is 0. The Morgan fingerprint density at radius 3 is 2.86 bits per heavy atom. The lowest BCUT2D eigenvalue weighted by atomic mass is 10.1. The summed E-state index contributed by atoms with van der Waals surface area (Å²) in [7, 11) is 0. The zero-order chi connectivity index (χ0) is 15.2. The predicted octanol–water partition coefficient (Wildman–Crippen LogP) is 2.55. The van der Waals surface area contributed by atoms with Crippen LogP contribution < -0.4 is 0 Å². The van der Waals surface area contributed by atoms with Crippen LogP contribution in [0.25, 0.3) is 0 Å². The fourth-order valence-corrected chi connectivity index (χ4v) is 4.12. The van der Waals surface area contributed by atoms with Crippen LogP contribution in [0.4, 0.5) is 0 Å². The molecular formula is C18H21NO2S. The van der Waals surface area contributed by atoms with Gasteiger partial charge in [0.1, 0.15) is 0 Å². The summed E-state index contributed by atoms with van der Waals surface area (Å²) in [6, 6.07) is 9.99. The Morgan fingerprint density at radius 2 is 2.18 bits per heavy atom. The Balaban J connectivity index is 1.70. The molecule has 3 rings (SSSR count). The van der Waals surface area contributed by atoms with Crippen LogP contribution in [0.15, 0.2) is 30.3 Å². The van der Waals surface area contributed by atoms with Crippen LogP contribution in [0, 0.1) is 11.8 Å². The molecule has 0 spiro atoms. The molecule has 2 aliphatic heterocycles. The van der Waals surface area contributed by atoms with E-state index in [1.807, 2.05) is 47.0 Å². The van der Waals surface area contributed by atoms with Gasteiger partial charge in [-0.2, -0.15) is 11.8 Å². The minimum Gasteiger partial charge on any atom is -0.376 e. The molecule has 4 heteroatoms. The molecular weight excluding hydrogens is 294 g/mol. The van der Waals surface area contributed by atoms with Crippen LogP contribution in [-0.2, 0) is 9.53 Å². The van der Waals surface area contributed by atoms with Gasteiger partial charge < -0.3 is 9.64 Å². The first-order valence-corrected chi connectivity index (χ1v) is 9.05. The van der Waals surface area contributed by atoms with E-state index in [0.29, 0.717) is 12.6 Å². The zero-order valence-corrected chi connectivity index (χ0v) is 13.5. The highest BCUT2D eigenvalue weighted by Crippen LogP contribution is 2.24. The molecule has 116 valence electrons. The smallest absolute Gasteiger partial charge is 0.299 e. The standard InChI is InChI=1S/C18H21NO2S/c20-18(9-8-15-5-2-1-3-6-15)19(16-10-12-22-14-16)13-17-7-4-11-21-17/h1-3,5-6,16-17H,4,7,10-14H2/t16-,17+/m0/s1. The third-order valence-corrected chi connectivity index (χ3v) is 5.26. The molecule has 1 aromatic carbocycles. The van der Waals surface area contributed by atoms with Crippen molar-refractivity contribution >= 4 is 17.7 Å². The SMILES string of the molecule is O=C(C#Cc1ccccc1)N(C[C@H]1CCCO1)[C@H]1CCSC1. The monoisotopic (exact) mass is 315 g/mol. The first kappa shape index (κ1) is 15.5. The average molecular weight is 315 g/mol. The van der Waals surface area contributed by atoms with Gasteiger partial charge in [0.15, 0.2) is 0 Å². The lowest BCUT2D eigenvalue weighted by molar-refractivity contribution is -0.128. The van der Waals surface area contributed by atoms with Gasteiger partial charge in [0.05, 0.1) is 6.10 Å². The Morgan fingerprint density at radius 1 is 1.32 bits per heavy atom. The fourth-order valence-electron chi connectivity index (χ4n) is 2.89. The first-order chi connectivity index (χ1) is 10.8. The largest absolute Gasteiger partial charge is 0.376 e. The van der Waals surface area contributed by atoms with Crippen molar-refractivity contribution in [2.24, 2.45) is 0 Å². The molecule has 1 aromatic rings. The van der Waals surface area contributed by atoms with Crippen LogP contribution in [0.3, 0.4) is 0 Å². The van der Waals surface area contributed by atoms with Crippen LogP contribution in [0.1, 0.15) is 24.8 Å². The summed E-state index contributed by atoms with van der Waals surface area (Å²) in [4.78, 5) is 14.5. The second kappa shape index (κ2) is 7.71. The van der Waals surface area contributed by atoms with Gasteiger partial charge in [-0.1, -0.05) is 24.1 Å². The zero-order valence-electron chi connectivity index (χ0n) is 12.7. The second-order valence-electron chi connectivity index (χ2n) is 5.73. The third kappa shape index (κ3) is 4.06. The topological polar surface area (TPSA) is 29.5 Å². The van der Waals surface area contributed by atoms with Gasteiger partial charge in [-0.05, 0) is 37.1 Å². The first-order valence-electron chi connectivity index (χ1n) is 7.90. The maximum absolute atomic E-state index is 12.6. The normalized spacial score (nSPS) is 23.8. The molecule has 2 aliphatic rings. The molecule has 0 saturated carbocycles. The highest BCUT2D eigenvalue weighted by Gasteiger charge is 2.29. The predicted molar refractivity (Wildman–Crippen MR) is 89.7 cm³/mol. The number of hydrogen-bond acceptors (Lipinski definition) is 3. The van der Waals surface area contributed by atoms with Crippen LogP contribution in [0.2, 0.25) is 0 Å². The number of thioether (sulfide) groups is 1. The van der Waals surface area contributed by atoms with E-state index in [-0.39, 0.29) is 12.0 Å². The Kier molecular flexibility index (Phi) is 5.42. The number of ether oxygens (including phenoxy) is 1. The number of carbonyl (C=O) groups excluding carboxylic acids is 1. The van der Waals surface area contributed by atoms with Gasteiger partial charge in [0.2, 0.25) is 0 Å². The second-order valence-corrected chi connectivity index (χ2v) is 6.88. The average Bonchev–Trinajstić information content (AvgIpc) is 3.24. The van der Waals surface area contributed by atoms with Crippen molar-refractivity contribution in [2.45, 2.75) is 31.4 Å². The summed E-state index contributed by atoms with van der Waals surface area (Å²) in [6.45, 7) is 1.51. The van der Waals surface area contributed by atoms with E-state index in [1.54, 1.807) is 0 Å². The van der Waals surface area contributed by atoms with Gasteiger partial charge in [-0.3, -0.25) is 4.79 Å². The molecule has 2 atom stereocenters. The molecule has 1 amide bonds. The number of carbonyl (C=O) groups is 1. The molecule has 0 aromatic heterocycles. The molecule has 0 bridgehead atoms. The van der Waals surface area contributed by atoms with Crippen molar-refractivity contribution in [1.29, 1.82) is 0 Å². The minimum atomic E-state index is -0.0631. The Hall–Kier alpha value is -1.44. The maximum Gasteiger partial charge on any atom is 0.299 e. The summed E-state index contributed by atoms with van der Waals surface area (Å²) >= 11 is 1.92. The van der Waals surface area contributed by atoms with E-state index >= 15 is 0 Å². The molecule has 0 unspecified atom stereocenters. The molecule has 2 saturated heterocycles. The molecule has 0 aliphatic carbocycles. The molecule has 22 heavy (non-hydrogen) atoms. The van der Waals surface area contributed by atoms with Gasteiger partial charge in [-0.25, -0.2) is 0 Å². The molecule has 3 nitrogen and oxygen atoms in total. The Bertz CT molecular complexity index is 551. The highest BCUT2D eigenvalue weighted by atomic mass is 32.2. The highest BCUT2D eigenvalue weighted by molar-refractivity contribution is 7.99. The number of rotatable bonds is 3. The van der Waals surface area contributed by atoms with Crippen molar-refractivity contribution in [2.75, 3.05) is 24.7 Å². The molecule has 2 fully saturated rings. The molecule has 2 heterocycles. The number of amides is 1. The summed E-state index contributed by atoms with van der Waals surface area (Å²) in [6.07, 6.45) is 3.40. The fraction of sp³-hybridized carbons (Fsp3) is 0.500. The van der Waals surface area contributed by atoms with Crippen LogP contribution in [-0.4, -0.2) is 47.6 Å². The van der Waals surface area contributed by atoms with Crippen LogP contribution >= 0.6 is 11.8 Å². The number of nitrogens with zero attached hydrogens (tertiary/aromatic N) is 1. The maximum atomic E-state index is 12.6. The van der Waals surface area contributed by atoms with Gasteiger partial charge in [-0.15, -0.1) is 0 Å². The van der Waals surface area contributed by atoms with Crippen molar-refractivity contribution in [1.82, 2.24) is 4.90 Å². The van der Waals surface area contributed by atoms with Gasteiger partial charge in [0, 0.05) is 36.4 Å². The number of benzene rings is 1. The van der Waals surface area contributed by atoms with E-state index in [0.717, 1.165) is 42.9 Å². The quantitative estimate of drug-likeness (QED) is 0.803. The summed E-state index contributed by atoms with van der Waals surface area (Å²) in [5.41, 5.74) is 0.883.